The number of anilines is 2. The van der Waals surface area contributed by atoms with Crippen LogP contribution in [0.15, 0.2) is 48.5 Å². The van der Waals surface area contributed by atoms with Gasteiger partial charge in [0.1, 0.15) is 17.5 Å². The second kappa shape index (κ2) is 5.48. The Morgan fingerprint density at radius 2 is 2.00 bits per heavy atom. The summed E-state index contributed by atoms with van der Waals surface area (Å²) in [5, 5.41) is 0. The van der Waals surface area contributed by atoms with Crippen LogP contribution < -0.4 is 15.4 Å². The lowest BCUT2D eigenvalue weighted by Gasteiger charge is -2.35. The molecule has 0 saturated carbocycles. The molecule has 0 radical (unpaired) electrons. The lowest BCUT2D eigenvalue weighted by atomic mass is 10.1. The number of carbonyl (C=O) groups is 1. The van der Waals surface area contributed by atoms with Crippen molar-refractivity contribution < 1.29 is 9.53 Å². The van der Waals surface area contributed by atoms with Crippen molar-refractivity contribution in [3.63, 3.8) is 0 Å². The summed E-state index contributed by atoms with van der Waals surface area (Å²) >= 11 is 0. The van der Waals surface area contributed by atoms with Crippen molar-refractivity contribution in [3.05, 3.63) is 54.1 Å². The molecule has 2 aromatic carbocycles. The second-order valence-corrected chi connectivity index (χ2v) is 5.29. The second-order valence-electron chi connectivity index (χ2n) is 5.29. The fourth-order valence-electron chi connectivity index (χ4n) is 2.66. The van der Waals surface area contributed by atoms with E-state index in [4.69, 9.17) is 10.5 Å². The van der Waals surface area contributed by atoms with Gasteiger partial charge in [0.05, 0.1) is 18.8 Å². The Kier molecular flexibility index (Phi) is 3.52. The van der Waals surface area contributed by atoms with E-state index in [9.17, 15) is 4.79 Å². The Labute approximate surface area is 124 Å². The molecule has 0 amide bonds. The molecule has 1 unspecified atom stereocenters. The SMILES string of the molecule is CC1CN(CC(=O)c2ccccc2)c2c(N)cccc2O1. The van der Waals surface area contributed by atoms with E-state index in [0.29, 0.717) is 24.3 Å². The number of hydrogen-bond donors (Lipinski definition) is 1. The molecule has 0 fully saturated rings. The lowest BCUT2D eigenvalue weighted by molar-refractivity contribution is 0.0994. The number of benzene rings is 2. The van der Waals surface area contributed by atoms with Crippen LogP contribution in [0.3, 0.4) is 0 Å². The molecule has 4 nitrogen and oxygen atoms in total. The van der Waals surface area contributed by atoms with Crippen molar-refractivity contribution in [1.29, 1.82) is 0 Å². The average Bonchev–Trinajstić information content (AvgIpc) is 2.47. The average molecular weight is 282 g/mol. The zero-order chi connectivity index (χ0) is 14.8. The highest BCUT2D eigenvalue weighted by Crippen LogP contribution is 2.38. The molecular formula is C17H18N2O2. The zero-order valence-corrected chi connectivity index (χ0v) is 12.0. The normalized spacial score (nSPS) is 17.0. The Morgan fingerprint density at radius 3 is 2.76 bits per heavy atom. The maximum absolute atomic E-state index is 12.4. The molecule has 1 atom stereocenters. The molecule has 2 aromatic rings. The fraction of sp³-hybridized carbons (Fsp3) is 0.235. The first-order valence-corrected chi connectivity index (χ1v) is 7.03. The van der Waals surface area contributed by atoms with Crippen LogP contribution in [0.5, 0.6) is 5.75 Å². The number of nitrogens with zero attached hydrogens (tertiary/aromatic N) is 1. The Hall–Kier alpha value is -2.49. The number of para-hydroxylation sites is 1. The zero-order valence-electron chi connectivity index (χ0n) is 12.0. The molecular weight excluding hydrogens is 264 g/mol. The smallest absolute Gasteiger partial charge is 0.182 e. The van der Waals surface area contributed by atoms with Crippen LogP contribution in [0.1, 0.15) is 17.3 Å². The van der Waals surface area contributed by atoms with Crippen molar-refractivity contribution in [3.8, 4) is 5.75 Å². The third-order valence-corrected chi connectivity index (χ3v) is 3.58. The third-order valence-electron chi connectivity index (χ3n) is 3.58. The topological polar surface area (TPSA) is 55.6 Å². The molecule has 2 N–H and O–H groups in total. The molecule has 0 spiro atoms. The number of ether oxygens (including phenoxy) is 1. The van der Waals surface area contributed by atoms with Gasteiger partial charge >= 0.3 is 0 Å². The summed E-state index contributed by atoms with van der Waals surface area (Å²) in [7, 11) is 0. The van der Waals surface area contributed by atoms with Crippen LogP contribution in [0.25, 0.3) is 0 Å². The van der Waals surface area contributed by atoms with Gasteiger partial charge < -0.3 is 15.4 Å². The van der Waals surface area contributed by atoms with Gasteiger partial charge in [-0.25, -0.2) is 0 Å². The van der Waals surface area contributed by atoms with Gasteiger partial charge in [-0.3, -0.25) is 4.79 Å². The minimum Gasteiger partial charge on any atom is -0.487 e. The Morgan fingerprint density at radius 1 is 1.24 bits per heavy atom. The lowest BCUT2D eigenvalue weighted by Crippen LogP contribution is -2.41. The molecule has 4 heteroatoms. The summed E-state index contributed by atoms with van der Waals surface area (Å²) in [6, 6.07) is 14.9. The third kappa shape index (κ3) is 2.70. The Balaban J connectivity index is 1.88. The van der Waals surface area contributed by atoms with E-state index in [0.717, 1.165) is 11.4 Å². The van der Waals surface area contributed by atoms with Crippen LogP contribution in [0.2, 0.25) is 0 Å². The van der Waals surface area contributed by atoms with Gasteiger partial charge in [0.25, 0.3) is 0 Å². The number of fused-ring (bicyclic) bond motifs is 1. The van der Waals surface area contributed by atoms with Gasteiger partial charge in [0.2, 0.25) is 0 Å². The Bertz CT molecular complexity index is 655. The highest BCUT2D eigenvalue weighted by Gasteiger charge is 2.26. The number of nitrogen functional groups attached to an aromatic ring is 1. The molecule has 0 aromatic heterocycles. The summed E-state index contributed by atoms with van der Waals surface area (Å²) in [4.78, 5) is 14.4. The van der Waals surface area contributed by atoms with E-state index in [1.54, 1.807) is 0 Å². The van der Waals surface area contributed by atoms with E-state index in [1.165, 1.54) is 0 Å². The summed E-state index contributed by atoms with van der Waals surface area (Å²) < 4.78 is 5.80. The number of Topliss-reactive ketones (excluding diaryl/α,β-unsaturated/α-hetero) is 1. The molecule has 3 rings (SSSR count). The minimum atomic E-state index is 0.0304. The van der Waals surface area contributed by atoms with Crippen LogP contribution >= 0.6 is 0 Å². The number of hydrogen-bond acceptors (Lipinski definition) is 4. The summed E-state index contributed by atoms with van der Waals surface area (Å²) in [6.45, 7) is 2.95. The van der Waals surface area contributed by atoms with Crippen molar-refractivity contribution >= 4 is 17.2 Å². The summed E-state index contributed by atoms with van der Waals surface area (Å²) in [6.07, 6.45) is 0.0304. The minimum absolute atomic E-state index is 0.0304. The molecule has 1 aliphatic heterocycles. The molecule has 108 valence electrons. The van der Waals surface area contributed by atoms with Crippen molar-refractivity contribution in [2.24, 2.45) is 0 Å². The van der Waals surface area contributed by atoms with Gasteiger partial charge in [0.15, 0.2) is 5.78 Å². The maximum Gasteiger partial charge on any atom is 0.182 e. The van der Waals surface area contributed by atoms with E-state index < -0.39 is 0 Å². The van der Waals surface area contributed by atoms with Crippen LogP contribution in [0.4, 0.5) is 11.4 Å². The van der Waals surface area contributed by atoms with Gasteiger partial charge in [-0.1, -0.05) is 36.4 Å². The largest absolute Gasteiger partial charge is 0.487 e. The number of nitrogens with two attached hydrogens (primary N) is 1. The molecule has 0 saturated heterocycles. The maximum atomic E-state index is 12.4. The van der Waals surface area contributed by atoms with E-state index in [1.807, 2.05) is 60.4 Å². The van der Waals surface area contributed by atoms with Gasteiger partial charge in [0, 0.05) is 5.56 Å². The van der Waals surface area contributed by atoms with Crippen molar-refractivity contribution in [1.82, 2.24) is 0 Å². The van der Waals surface area contributed by atoms with Gasteiger partial charge in [-0.2, -0.15) is 0 Å². The first-order valence-electron chi connectivity index (χ1n) is 7.03. The van der Waals surface area contributed by atoms with Gasteiger partial charge in [-0.15, -0.1) is 0 Å². The number of ketones is 1. The van der Waals surface area contributed by atoms with E-state index >= 15 is 0 Å². The van der Waals surface area contributed by atoms with Crippen LogP contribution in [-0.2, 0) is 0 Å². The first kappa shape index (κ1) is 13.5. The van der Waals surface area contributed by atoms with Crippen molar-refractivity contribution in [2.75, 3.05) is 23.7 Å². The molecule has 0 bridgehead atoms. The molecule has 0 aliphatic carbocycles. The summed E-state index contributed by atoms with van der Waals surface area (Å²) in [5.41, 5.74) is 8.23. The monoisotopic (exact) mass is 282 g/mol. The van der Waals surface area contributed by atoms with E-state index in [2.05, 4.69) is 0 Å². The van der Waals surface area contributed by atoms with Crippen molar-refractivity contribution in [2.45, 2.75) is 13.0 Å². The standard InChI is InChI=1S/C17H18N2O2/c1-12-10-19(11-15(20)13-6-3-2-4-7-13)17-14(18)8-5-9-16(17)21-12/h2-9,12H,10-11,18H2,1H3. The highest BCUT2D eigenvalue weighted by molar-refractivity contribution is 6.00. The summed E-state index contributed by atoms with van der Waals surface area (Å²) in [5.74, 6) is 0.827. The van der Waals surface area contributed by atoms with Crippen LogP contribution in [0, 0.1) is 0 Å². The molecule has 21 heavy (non-hydrogen) atoms. The molecule has 1 aliphatic rings. The number of rotatable bonds is 3. The highest BCUT2D eigenvalue weighted by atomic mass is 16.5. The predicted molar refractivity (Wildman–Crippen MR) is 83.9 cm³/mol. The van der Waals surface area contributed by atoms with E-state index in [-0.39, 0.29) is 11.9 Å². The molecule has 1 heterocycles. The number of carbonyl (C=O) groups excluding carboxylic acids is 1. The predicted octanol–water partition coefficient (Wildman–Crippen LogP) is 2.74. The first-order chi connectivity index (χ1) is 10.1. The quantitative estimate of drug-likeness (QED) is 0.694. The van der Waals surface area contributed by atoms with Gasteiger partial charge in [-0.05, 0) is 19.1 Å². The van der Waals surface area contributed by atoms with Crippen LogP contribution in [-0.4, -0.2) is 25.0 Å². The fourth-order valence-corrected chi connectivity index (χ4v) is 2.66.